The Balaban J connectivity index is 2.00. The first-order chi connectivity index (χ1) is 11.1. The number of methoxy groups -OCH3 is 2. The summed E-state index contributed by atoms with van der Waals surface area (Å²) in [5.41, 5.74) is 1.42. The lowest BCUT2D eigenvalue weighted by atomic mass is 10.1. The molecule has 6 heteroatoms. The van der Waals surface area contributed by atoms with Gasteiger partial charge < -0.3 is 19.5 Å². The monoisotopic (exact) mass is 322 g/mol. The van der Waals surface area contributed by atoms with Crippen molar-refractivity contribution in [3.63, 3.8) is 0 Å². The number of nitrogens with one attached hydrogen (secondary N) is 1. The first-order valence-electron chi connectivity index (χ1n) is 7.89. The van der Waals surface area contributed by atoms with Gasteiger partial charge in [-0.15, -0.1) is 0 Å². The zero-order valence-electron chi connectivity index (χ0n) is 14.3. The van der Waals surface area contributed by atoms with Crippen LogP contribution in [-0.2, 0) is 4.74 Å². The van der Waals surface area contributed by atoms with Crippen LogP contribution in [0.3, 0.4) is 0 Å². The topological polar surface area (TPSA) is 60.0 Å². The van der Waals surface area contributed by atoms with Gasteiger partial charge in [-0.2, -0.15) is 0 Å². The first-order valence-corrected chi connectivity index (χ1v) is 7.89. The van der Waals surface area contributed by atoms with Crippen molar-refractivity contribution in [3.8, 4) is 11.5 Å². The molecule has 1 aromatic carbocycles. The molecule has 1 aromatic rings. The summed E-state index contributed by atoms with van der Waals surface area (Å²) in [5.74, 6) is 1.17. The van der Waals surface area contributed by atoms with E-state index in [-0.39, 0.29) is 11.9 Å². The maximum absolute atomic E-state index is 12.4. The van der Waals surface area contributed by atoms with Crippen LogP contribution in [0.25, 0.3) is 0 Å². The number of benzene rings is 1. The largest absolute Gasteiger partial charge is 0.496 e. The van der Waals surface area contributed by atoms with Crippen LogP contribution >= 0.6 is 0 Å². The second-order valence-corrected chi connectivity index (χ2v) is 5.71. The molecular weight excluding hydrogens is 296 g/mol. The fraction of sp³-hybridized carbons (Fsp3) is 0.588. The van der Waals surface area contributed by atoms with Gasteiger partial charge in [0.25, 0.3) is 5.91 Å². The van der Waals surface area contributed by atoms with E-state index in [4.69, 9.17) is 14.2 Å². The van der Waals surface area contributed by atoms with E-state index in [1.54, 1.807) is 26.4 Å². The zero-order chi connectivity index (χ0) is 16.8. The Morgan fingerprint density at radius 2 is 1.83 bits per heavy atom. The van der Waals surface area contributed by atoms with E-state index in [0.29, 0.717) is 23.6 Å². The number of amides is 1. The van der Waals surface area contributed by atoms with Crippen molar-refractivity contribution >= 4 is 5.91 Å². The van der Waals surface area contributed by atoms with Gasteiger partial charge in [-0.05, 0) is 26.0 Å². The summed E-state index contributed by atoms with van der Waals surface area (Å²) in [6.45, 7) is 7.93. The van der Waals surface area contributed by atoms with Gasteiger partial charge in [-0.25, -0.2) is 0 Å². The third-order valence-corrected chi connectivity index (χ3v) is 4.24. The minimum atomic E-state index is -0.123. The predicted molar refractivity (Wildman–Crippen MR) is 88.5 cm³/mol. The molecule has 23 heavy (non-hydrogen) atoms. The molecule has 0 aliphatic carbocycles. The second kappa shape index (κ2) is 8.17. The van der Waals surface area contributed by atoms with Gasteiger partial charge in [-0.1, -0.05) is 0 Å². The fourth-order valence-electron chi connectivity index (χ4n) is 2.71. The fourth-order valence-corrected chi connectivity index (χ4v) is 2.71. The van der Waals surface area contributed by atoms with E-state index in [0.717, 1.165) is 31.9 Å². The second-order valence-electron chi connectivity index (χ2n) is 5.71. The van der Waals surface area contributed by atoms with Gasteiger partial charge >= 0.3 is 0 Å². The van der Waals surface area contributed by atoms with Crippen LogP contribution in [0.2, 0.25) is 0 Å². The third-order valence-electron chi connectivity index (χ3n) is 4.24. The molecule has 1 fully saturated rings. The molecule has 1 atom stereocenters. The summed E-state index contributed by atoms with van der Waals surface area (Å²) in [5, 5.41) is 2.99. The van der Waals surface area contributed by atoms with Crippen molar-refractivity contribution in [3.05, 3.63) is 23.3 Å². The zero-order valence-corrected chi connectivity index (χ0v) is 14.3. The van der Waals surface area contributed by atoms with E-state index in [1.807, 2.05) is 6.92 Å². The number of carbonyl (C=O) groups excluding carboxylic acids is 1. The number of rotatable bonds is 6. The van der Waals surface area contributed by atoms with Crippen molar-refractivity contribution < 1.29 is 19.0 Å². The molecule has 1 heterocycles. The van der Waals surface area contributed by atoms with Crippen molar-refractivity contribution in [1.29, 1.82) is 0 Å². The Kier molecular flexibility index (Phi) is 6.24. The van der Waals surface area contributed by atoms with Gasteiger partial charge in [0, 0.05) is 36.8 Å². The smallest absolute Gasteiger partial charge is 0.251 e. The molecule has 1 saturated heterocycles. The number of hydrogen-bond donors (Lipinski definition) is 1. The highest BCUT2D eigenvalue weighted by Gasteiger charge is 2.19. The molecule has 0 saturated carbocycles. The number of ether oxygens (including phenoxy) is 3. The lowest BCUT2D eigenvalue weighted by molar-refractivity contribution is 0.0204. The average Bonchev–Trinajstić information content (AvgIpc) is 2.60. The van der Waals surface area contributed by atoms with Gasteiger partial charge in [0.05, 0.1) is 27.4 Å². The summed E-state index contributed by atoms with van der Waals surface area (Å²) in [4.78, 5) is 14.7. The number of nitrogens with zero attached hydrogens (tertiary/aromatic N) is 1. The molecule has 0 bridgehead atoms. The number of carbonyl (C=O) groups is 1. The molecule has 1 unspecified atom stereocenters. The maximum atomic E-state index is 12.4. The van der Waals surface area contributed by atoms with Crippen molar-refractivity contribution in [1.82, 2.24) is 10.2 Å². The van der Waals surface area contributed by atoms with Crippen LogP contribution in [-0.4, -0.2) is 63.9 Å². The molecule has 6 nitrogen and oxygen atoms in total. The SMILES string of the molecule is COc1cc(C(=O)NCC(C)N2CCOCC2)cc(OC)c1C. The van der Waals surface area contributed by atoms with Crippen LogP contribution in [0.5, 0.6) is 11.5 Å². The molecule has 1 amide bonds. The van der Waals surface area contributed by atoms with Gasteiger partial charge in [0.15, 0.2) is 0 Å². The maximum Gasteiger partial charge on any atom is 0.251 e. The molecule has 1 aliphatic rings. The standard InChI is InChI=1S/C17H26N2O4/c1-12(19-5-7-23-8-6-19)11-18-17(20)14-9-15(21-3)13(2)16(10-14)22-4/h9-10,12H,5-8,11H2,1-4H3,(H,18,20). The summed E-state index contributed by atoms with van der Waals surface area (Å²) in [7, 11) is 3.17. The summed E-state index contributed by atoms with van der Waals surface area (Å²) < 4.78 is 16.0. The minimum absolute atomic E-state index is 0.123. The lowest BCUT2D eigenvalue weighted by Gasteiger charge is -2.32. The molecule has 1 aliphatic heterocycles. The molecule has 0 spiro atoms. The van der Waals surface area contributed by atoms with Gasteiger partial charge in [0.2, 0.25) is 0 Å². The molecule has 1 N–H and O–H groups in total. The van der Waals surface area contributed by atoms with Crippen LogP contribution < -0.4 is 14.8 Å². The minimum Gasteiger partial charge on any atom is -0.496 e. The quantitative estimate of drug-likeness (QED) is 0.859. The van der Waals surface area contributed by atoms with Crippen LogP contribution in [0.15, 0.2) is 12.1 Å². The molecule has 0 aromatic heterocycles. The highest BCUT2D eigenvalue weighted by atomic mass is 16.5. The summed E-state index contributed by atoms with van der Waals surface area (Å²) in [6.07, 6.45) is 0. The first kappa shape index (κ1) is 17.6. The highest BCUT2D eigenvalue weighted by molar-refractivity contribution is 5.95. The van der Waals surface area contributed by atoms with E-state index >= 15 is 0 Å². The molecule has 2 rings (SSSR count). The molecule has 128 valence electrons. The van der Waals surface area contributed by atoms with Crippen LogP contribution in [0.4, 0.5) is 0 Å². The van der Waals surface area contributed by atoms with Crippen molar-refractivity contribution in [2.75, 3.05) is 47.1 Å². The Bertz CT molecular complexity index is 516. The Morgan fingerprint density at radius 3 is 2.35 bits per heavy atom. The highest BCUT2D eigenvalue weighted by Crippen LogP contribution is 2.29. The van der Waals surface area contributed by atoms with Crippen LogP contribution in [0, 0.1) is 6.92 Å². The van der Waals surface area contributed by atoms with Gasteiger partial charge in [-0.3, -0.25) is 9.69 Å². The number of hydrogen-bond acceptors (Lipinski definition) is 5. The van der Waals surface area contributed by atoms with Crippen molar-refractivity contribution in [2.24, 2.45) is 0 Å². The molecule has 0 radical (unpaired) electrons. The van der Waals surface area contributed by atoms with E-state index in [9.17, 15) is 4.79 Å². The van der Waals surface area contributed by atoms with E-state index in [2.05, 4.69) is 17.1 Å². The normalized spacial score (nSPS) is 16.7. The van der Waals surface area contributed by atoms with Gasteiger partial charge in [0.1, 0.15) is 11.5 Å². The van der Waals surface area contributed by atoms with E-state index < -0.39 is 0 Å². The Morgan fingerprint density at radius 1 is 1.26 bits per heavy atom. The van der Waals surface area contributed by atoms with Crippen LogP contribution in [0.1, 0.15) is 22.8 Å². The predicted octanol–water partition coefficient (Wildman–Crippen LogP) is 1.46. The Hall–Kier alpha value is -1.79. The van der Waals surface area contributed by atoms with Crippen molar-refractivity contribution in [2.45, 2.75) is 19.9 Å². The third kappa shape index (κ3) is 4.36. The Labute approximate surface area is 137 Å². The molecular formula is C17H26N2O4. The lowest BCUT2D eigenvalue weighted by Crippen LogP contribution is -2.47. The summed E-state index contributed by atoms with van der Waals surface area (Å²) in [6, 6.07) is 3.76. The number of morpholine rings is 1. The van der Waals surface area contributed by atoms with E-state index in [1.165, 1.54) is 0 Å². The summed E-state index contributed by atoms with van der Waals surface area (Å²) >= 11 is 0. The average molecular weight is 322 g/mol.